The minimum absolute atomic E-state index is 0.273. The Bertz CT molecular complexity index is 698. The monoisotopic (exact) mass is 313 g/mol. The van der Waals surface area contributed by atoms with Crippen molar-refractivity contribution in [3.05, 3.63) is 42.1 Å². The summed E-state index contributed by atoms with van der Waals surface area (Å²) in [6.45, 7) is 2.22. The molecule has 1 atom stereocenters. The second kappa shape index (κ2) is 6.64. The Hall–Kier alpha value is -1.98. The predicted molar refractivity (Wildman–Crippen MR) is 89.8 cm³/mol. The number of carbonyl (C=O) groups excluding carboxylic acids is 1. The highest BCUT2D eigenvalue weighted by Gasteiger charge is 2.42. The third-order valence-electron chi connectivity index (χ3n) is 4.73. The number of benzene rings is 1. The minimum Gasteiger partial charge on any atom is -0.383 e. The number of nitrogens with two attached hydrogens (primary N) is 1. The molecule has 0 radical (unpaired) electrons. The second-order valence-electron chi connectivity index (χ2n) is 6.32. The molecule has 23 heavy (non-hydrogen) atoms. The number of rotatable bonds is 6. The summed E-state index contributed by atoms with van der Waals surface area (Å²) in [4.78, 5) is 18.4. The van der Waals surface area contributed by atoms with Crippen LogP contribution in [0.25, 0.3) is 10.9 Å². The molecule has 0 aliphatic carbocycles. The number of fused-ring (bicyclic) bond motifs is 1. The largest absolute Gasteiger partial charge is 0.383 e. The number of methoxy groups -OCH3 is 1. The summed E-state index contributed by atoms with van der Waals surface area (Å²) in [6.07, 6.45) is 4.14. The lowest BCUT2D eigenvalue weighted by atomic mass is 9.92. The van der Waals surface area contributed by atoms with Gasteiger partial charge in [-0.2, -0.15) is 0 Å². The van der Waals surface area contributed by atoms with Gasteiger partial charge >= 0.3 is 0 Å². The number of aromatic nitrogens is 1. The highest BCUT2D eigenvalue weighted by molar-refractivity contribution is 5.81. The van der Waals surface area contributed by atoms with E-state index in [0.29, 0.717) is 13.0 Å². The van der Waals surface area contributed by atoms with Gasteiger partial charge in [0.25, 0.3) is 0 Å². The highest BCUT2D eigenvalue weighted by atomic mass is 16.5. The number of hydrogen-bond acceptors (Lipinski definition) is 4. The number of likely N-dealkylation sites (tertiary alicyclic amines) is 1. The van der Waals surface area contributed by atoms with E-state index in [0.717, 1.165) is 36.8 Å². The van der Waals surface area contributed by atoms with Crippen molar-refractivity contribution in [3.8, 4) is 0 Å². The van der Waals surface area contributed by atoms with Crippen molar-refractivity contribution in [1.29, 1.82) is 0 Å². The van der Waals surface area contributed by atoms with Crippen LogP contribution in [0.1, 0.15) is 24.8 Å². The standard InChI is InChI=1S/C18H23N3O2/c1-23-13-18(11-16(19)22)8-4-10-21(18)12-15-6-2-5-14-7-3-9-20-17(14)15/h2-3,5-7,9H,4,8,10-13H2,1H3,(H2,19,22)/t18-/m1/s1. The number of ether oxygens (including phenoxy) is 1. The Labute approximate surface area is 136 Å². The van der Waals surface area contributed by atoms with Crippen LogP contribution >= 0.6 is 0 Å². The van der Waals surface area contributed by atoms with Crippen LogP contribution in [0.15, 0.2) is 36.5 Å². The minimum atomic E-state index is -0.294. The molecule has 1 aliphatic heterocycles. The summed E-state index contributed by atoms with van der Waals surface area (Å²) in [5, 5.41) is 1.14. The summed E-state index contributed by atoms with van der Waals surface area (Å²) in [6, 6.07) is 10.3. The van der Waals surface area contributed by atoms with Crippen molar-refractivity contribution in [2.24, 2.45) is 5.73 Å². The van der Waals surface area contributed by atoms with Crippen LogP contribution in [0.2, 0.25) is 0 Å². The molecule has 5 nitrogen and oxygen atoms in total. The second-order valence-corrected chi connectivity index (χ2v) is 6.32. The van der Waals surface area contributed by atoms with Gasteiger partial charge in [-0.15, -0.1) is 0 Å². The first kappa shape index (κ1) is 15.9. The van der Waals surface area contributed by atoms with Gasteiger partial charge < -0.3 is 10.5 Å². The normalized spacial score (nSPS) is 21.8. The SMILES string of the molecule is COC[C@]1(CC(N)=O)CCCN1Cc1cccc2cccnc12. The molecule has 1 fully saturated rings. The Morgan fingerprint density at radius 1 is 1.39 bits per heavy atom. The third kappa shape index (κ3) is 3.21. The Balaban J connectivity index is 1.91. The molecule has 122 valence electrons. The fourth-order valence-electron chi connectivity index (χ4n) is 3.75. The Morgan fingerprint density at radius 3 is 3.00 bits per heavy atom. The van der Waals surface area contributed by atoms with Crippen molar-refractivity contribution >= 4 is 16.8 Å². The van der Waals surface area contributed by atoms with Gasteiger partial charge in [-0.25, -0.2) is 0 Å². The van der Waals surface area contributed by atoms with Crippen LogP contribution in [0.5, 0.6) is 0 Å². The number of nitrogens with zero attached hydrogens (tertiary/aromatic N) is 2. The molecule has 2 aromatic rings. The zero-order chi connectivity index (χ0) is 16.3. The van der Waals surface area contributed by atoms with E-state index in [2.05, 4.69) is 34.1 Å². The first-order valence-corrected chi connectivity index (χ1v) is 7.99. The van der Waals surface area contributed by atoms with Gasteiger partial charge in [0.15, 0.2) is 0 Å². The molecule has 1 aromatic heterocycles. The summed E-state index contributed by atoms with van der Waals surface area (Å²) in [5.74, 6) is -0.273. The summed E-state index contributed by atoms with van der Waals surface area (Å²) in [5.41, 5.74) is 7.40. The average Bonchev–Trinajstić information content (AvgIpc) is 2.89. The first-order valence-electron chi connectivity index (χ1n) is 7.99. The topological polar surface area (TPSA) is 68.5 Å². The highest BCUT2D eigenvalue weighted by Crippen LogP contribution is 2.35. The van der Waals surface area contributed by atoms with Gasteiger partial charge in [0.05, 0.1) is 17.7 Å². The first-order chi connectivity index (χ1) is 11.1. The predicted octanol–water partition coefficient (Wildman–Crippen LogP) is 2.09. The number of carbonyl (C=O) groups is 1. The van der Waals surface area contributed by atoms with E-state index in [4.69, 9.17) is 10.5 Å². The molecular formula is C18H23N3O2. The van der Waals surface area contributed by atoms with Crippen LogP contribution in [-0.2, 0) is 16.1 Å². The van der Waals surface area contributed by atoms with E-state index in [1.807, 2.05) is 12.3 Å². The summed E-state index contributed by atoms with van der Waals surface area (Å²) < 4.78 is 5.42. The lowest BCUT2D eigenvalue weighted by Gasteiger charge is -2.37. The smallest absolute Gasteiger partial charge is 0.219 e. The maximum atomic E-state index is 11.6. The van der Waals surface area contributed by atoms with Crippen molar-refractivity contribution in [3.63, 3.8) is 0 Å². The molecular weight excluding hydrogens is 290 g/mol. The molecule has 0 saturated carbocycles. The summed E-state index contributed by atoms with van der Waals surface area (Å²) >= 11 is 0. The van der Waals surface area contributed by atoms with Gasteiger partial charge in [0.1, 0.15) is 0 Å². The lowest BCUT2D eigenvalue weighted by molar-refractivity contribution is -0.121. The van der Waals surface area contributed by atoms with E-state index in [1.165, 1.54) is 5.56 Å². The molecule has 1 aliphatic rings. The van der Waals surface area contributed by atoms with Crippen molar-refractivity contribution in [1.82, 2.24) is 9.88 Å². The molecule has 1 aromatic carbocycles. The fourth-order valence-corrected chi connectivity index (χ4v) is 3.75. The van der Waals surface area contributed by atoms with E-state index in [-0.39, 0.29) is 11.4 Å². The number of hydrogen-bond donors (Lipinski definition) is 1. The van der Waals surface area contributed by atoms with Gasteiger partial charge in [0, 0.05) is 31.7 Å². The molecule has 2 N–H and O–H groups in total. The van der Waals surface area contributed by atoms with Crippen molar-refractivity contribution in [2.75, 3.05) is 20.3 Å². The lowest BCUT2D eigenvalue weighted by Crippen LogP contribution is -2.49. The number of para-hydroxylation sites is 1. The van der Waals surface area contributed by atoms with E-state index in [1.54, 1.807) is 7.11 Å². The van der Waals surface area contributed by atoms with E-state index < -0.39 is 0 Å². The molecule has 0 bridgehead atoms. The number of amides is 1. The molecule has 0 spiro atoms. The third-order valence-corrected chi connectivity index (χ3v) is 4.73. The van der Waals surface area contributed by atoms with Crippen molar-refractivity contribution in [2.45, 2.75) is 31.3 Å². The number of primary amides is 1. The van der Waals surface area contributed by atoms with Crippen LogP contribution in [-0.4, -0.2) is 41.6 Å². The molecule has 2 heterocycles. The van der Waals surface area contributed by atoms with E-state index in [9.17, 15) is 4.79 Å². The fraction of sp³-hybridized carbons (Fsp3) is 0.444. The van der Waals surface area contributed by atoms with Crippen LogP contribution in [0.4, 0.5) is 0 Å². The number of pyridine rings is 1. The van der Waals surface area contributed by atoms with Crippen LogP contribution in [0, 0.1) is 0 Å². The molecule has 3 rings (SSSR count). The zero-order valence-corrected chi connectivity index (χ0v) is 13.5. The maximum absolute atomic E-state index is 11.6. The Morgan fingerprint density at radius 2 is 2.22 bits per heavy atom. The maximum Gasteiger partial charge on any atom is 0.219 e. The molecule has 1 saturated heterocycles. The van der Waals surface area contributed by atoms with Crippen molar-refractivity contribution < 1.29 is 9.53 Å². The van der Waals surface area contributed by atoms with Gasteiger partial charge in [-0.3, -0.25) is 14.7 Å². The zero-order valence-electron chi connectivity index (χ0n) is 13.5. The van der Waals surface area contributed by atoms with Crippen LogP contribution in [0.3, 0.4) is 0 Å². The summed E-state index contributed by atoms with van der Waals surface area (Å²) in [7, 11) is 1.68. The average molecular weight is 313 g/mol. The Kier molecular flexibility index (Phi) is 4.59. The molecule has 1 amide bonds. The van der Waals surface area contributed by atoms with E-state index >= 15 is 0 Å². The van der Waals surface area contributed by atoms with Gasteiger partial charge in [-0.1, -0.05) is 24.3 Å². The molecule has 5 heteroatoms. The van der Waals surface area contributed by atoms with Gasteiger partial charge in [-0.05, 0) is 31.0 Å². The van der Waals surface area contributed by atoms with Crippen LogP contribution < -0.4 is 5.73 Å². The quantitative estimate of drug-likeness (QED) is 0.886. The molecule has 0 unspecified atom stereocenters. The van der Waals surface area contributed by atoms with Gasteiger partial charge in [0.2, 0.25) is 5.91 Å².